The summed E-state index contributed by atoms with van der Waals surface area (Å²) in [6.07, 6.45) is 4.96. The van der Waals surface area contributed by atoms with E-state index in [-0.39, 0.29) is 23.6 Å². The van der Waals surface area contributed by atoms with Gasteiger partial charge in [-0.25, -0.2) is 8.42 Å². The lowest BCUT2D eigenvalue weighted by atomic mass is 10.1. The number of rotatable bonds is 9. The highest BCUT2D eigenvalue weighted by molar-refractivity contribution is 7.89. The number of aliphatic carboxylic acids is 1. The zero-order valence-electron chi connectivity index (χ0n) is 15.9. The second kappa shape index (κ2) is 9.87. The first-order valence-electron chi connectivity index (χ1n) is 8.82. The number of hydrogen-bond donors (Lipinski definition) is 2. The minimum Gasteiger partial charge on any atom is -0.480 e. The van der Waals surface area contributed by atoms with Crippen LogP contribution in [0, 0.1) is 12.3 Å². The average molecular weight is 414 g/mol. The lowest BCUT2D eigenvalue weighted by Crippen LogP contribution is -2.41. The van der Waals surface area contributed by atoms with Crippen molar-refractivity contribution in [2.75, 3.05) is 7.05 Å². The zero-order valence-corrected chi connectivity index (χ0v) is 16.7. The molecule has 2 aromatic rings. The van der Waals surface area contributed by atoms with Gasteiger partial charge in [0.15, 0.2) is 0 Å². The number of hydrogen-bond acceptors (Lipinski definition) is 4. The molecule has 0 aliphatic carbocycles. The summed E-state index contributed by atoms with van der Waals surface area (Å²) < 4.78 is 27.0. The van der Waals surface area contributed by atoms with Crippen LogP contribution in [0.2, 0.25) is 0 Å². The number of benzene rings is 2. The number of carboxylic acids is 1. The summed E-state index contributed by atoms with van der Waals surface area (Å²) in [5, 5.41) is 9.37. The van der Waals surface area contributed by atoms with Crippen molar-refractivity contribution in [3.8, 4) is 12.3 Å². The van der Waals surface area contributed by atoms with Crippen LogP contribution in [0.3, 0.4) is 0 Å². The van der Waals surface area contributed by atoms with Crippen LogP contribution in [0.15, 0.2) is 59.5 Å². The molecule has 0 saturated heterocycles. The Morgan fingerprint density at radius 3 is 2.31 bits per heavy atom. The first-order chi connectivity index (χ1) is 13.7. The molecule has 152 valence electrons. The monoisotopic (exact) mass is 414 g/mol. The third kappa shape index (κ3) is 6.45. The minimum atomic E-state index is -4.07. The van der Waals surface area contributed by atoms with Gasteiger partial charge in [-0.15, -0.1) is 6.42 Å². The number of nitrogens with one attached hydrogen (secondary N) is 1. The van der Waals surface area contributed by atoms with E-state index in [1.807, 2.05) is 30.3 Å². The number of carbonyl (C=O) groups is 2. The van der Waals surface area contributed by atoms with Crippen molar-refractivity contribution in [1.29, 1.82) is 0 Å². The van der Waals surface area contributed by atoms with Gasteiger partial charge in [-0.05, 0) is 36.2 Å². The second-order valence-electron chi connectivity index (χ2n) is 6.45. The smallest absolute Gasteiger partial charge is 0.321 e. The molecule has 0 unspecified atom stereocenters. The van der Waals surface area contributed by atoms with E-state index in [4.69, 9.17) is 6.42 Å². The molecule has 0 aliphatic rings. The second-order valence-corrected chi connectivity index (χ2v) is 8.17. The van der Waals surface area contributed by atoms with Crippen LogP contribution in [0.25, 0.3) is 0 Å². The van der Waals surface area contributed by atoms with Crippen LogP contribution < -0.4 is 4.72 Å². The molecule has 0 spiro atoms. The van der Waals surface area contributed by atoms with E-state index in [0.717, 1.165) is 5.56 Å². The normalized spacial score (nSPS) is 12.0. The van der Waals surface area contributed by atoms with Crippen LogP contribution >= 0.6 is 0 Å². The Labute approximate surface area is 170 Å². The Balaban J connectivity index is 1.99. The van der Waals surface area contributed by atoms with Gasteiger partial charge in [0.1, 0.15) is 6.04 Å². The van der Waals surface area contributed by atoms with Gasteiger partial charge in [0.05, 0.1) is 4.90 Å². The molecule has 1 amide bonds. The summed E-state index contributed by atoms with van der Waals surface area (Å²) in [5.74, 6) is 0.740. The molecule has 29 heavy (non-hydrogen) atoms. The molecular weight excluding hydrogens is 392 g/mol. The first-order valence-corrected chi connectivity index (χ1v) is 10.3. The van der Waals surface area contributed by atoms with E-state index < -0.39 is 22.0 Å². The third-order valence-corrected chi connectivity index (χ3v) is 5.75. The highest BCUT2D eigenvalue weighted by Gasteiger charge is 2.26. The quantitative estimate of drug-likeness (QED) is 0.610. The summed E-state index contributed by atoms with van der Waals surface area (Å²) in [4.78, 5) is 25.2. The molecule has 1 atom stereocenters. The molecule has 0 bridgehead atoms. The van der Waals surface area contributed by atoms with E-state index in [2.05, 4.69) is 10.6 Å². The summed E-state index contributed by atoms with van der Waals surface area (Å²) in [6, 6.07) is 13.4. The van der Waals surface area contributed by atoms with Crippen molar-refractivity contribution >= 4 is 21.9 Å². The maximum atomic E-state index is 12.4. The van der Waals surface area contributed by atoms with E-state index >= 15 is 0 Å². The lowest BCUT2D eigenvalue weighted by molar-refractivity contribution is -0.139. The predicted octanol–water partition coefficient (Wildman–Crippen LogP) is 1.84. The number of carboxylic acid groups (broad SMARTS) is 1. The fraction of sp³-hybridized carbons (Fsp3) is 0.238. The van der Waals surface area contributed by atoms with E-state index in [1.165, 1.54) is 29.2 Å². The van der Waals surface area contributed by atoms with Gasteiger partial charge in [0, 0.05) is 25.6 Å². The molecule has 7 nitrogen and oxygen atoms in total. The fourth-order valence-electron chi connectivity index (χ4n) is 2.62. The number of terminal acetylenes is 1. The van der Waals surface area contributed by atoms with Crippen LogP contribution in [0.1, 0.15) is 24.0 Å². The summed E-state index contributed by atoms with van der Waals surface area (Å²) in [6.45, 7) is 0.380. The van der Waals surface area contributed by atoms with E-state index in [0.29, 0.717) is 12.1 Å². The predicted molar refractivity (Wildman–Crippen MR) is 108 cm³/mol. The molecule has 2 rings (SSSR count). The summed E-state index contributed by atoms with van der Waals surface area (Å²) >= 11 is 0. The third-order valence-electron chi connectivity index (χ3n) is 4.26. The van der Waals surface area contributed by atoms with Gasteiger partial charge >= 0.3 is 5.97 Å². The molecule has 0 aliphatic heterocycles. The SMILES string of the molecule is C#Cc1ccc(S(=O)(=O)N[C@H](CCC(=O)N(C)Cc2ccccc2)C(=O)O)cc1. The first kappa shape index (κ1) is 22.1. The van der Waals surface area contributed by atoms with Crippen molar-refractivity contribution in [2.45, 2.75) is 30.3 Å². The largest absolute Gasteiger partial charge is 0.480 e. The van der Waals surface area contributed by atoms with E-state index in [9.17, 15) is 23.1 Å². The maximum absolute atomic E-state index is 12.4. The number of nitrogens with zero attached hydrogens (tertiary/aromatic N) is 1. The molecular formula is C21H22N2O5S. The number of carbonyl (C=O) groups excluding carboxylic acids is 1. The molecule has 0 saturated carbocycles. The van der Waals surface area contributed by atoms with E-state index in [1.54, 1.807) is 7.05 Å². The van der Waals surface area contributed by atoms with Gasteiger partial charge in [0.25, 0.3) is 0 Å². The van der Waals surface area contributed by atoms with Crippen LogP contribution in [-0.4, -0.2) is 43.4 Å². The fourth-order valence-corrected chi connectivity index (χ4v) is 3.85. The Morgan fingerprint density at radius 2 is 1.76 bits per heavy atom. The molecule has 0 fully saturated rings. The van der Waals surface area contributed by atoms with Crippen molar-refractivity contribution in [2.24, 2.45) is 0 Å². The average Bonchev–Trinajstić information content (AvgIpc) is 2.71. The zero-order chi connectivity index (χ0) is 21.4. The topological polar surface area (TPSA) is 104 Å². The van der Waals surface area contributed by atoms with Gasteiger partial charge in [-0.2, -0.15) is 4.72 Å². The van der Waals surface area contributed by atoms with Gasteiger partial charge < -0.3 is 10.0 Å². The number of sulfonamides is 1. The Morgan fingerprint density at radius 1 is 1.14 bits per heavy atom. The molecule has 0 radical (unpaired) electrons. The van der Waals surface area contributed by atoms with Gasteiger partial charge in [0.2, 0.25) is 15.9 Å². The number of amides is 1. The lowest BCUT2D eigenvalue weighted by Gasteiger charge is -2.19. The highest BCUT2D eigenvalue weighted by Crippen LogP contribution is 2.13. The molecule has 0 heterocycles. The van der Waals surface area contributed by atoms with Crippen molar-refractivity contribution in [3.63, 3.8) is 0 Å². The maximum Gasteiger partial charge on any atom is 0.321 e. The minimum absolute atomic E-state index is 0.102. The van der Waals surface area contributed by atoms with Crippen molar-refractivity contribution in [3.05, 3.63) is 65.7 Å². The van der Waals surface area contributed by atoms with Crippen LogP contribution in [0.4, 0.5) is 0 Å². The van der Waals surface area contributed by atoms with Gasteiger partial charge in [-0.3, -0.25) is 9.59 Å². The van der Waals surface area contributed by atoms with Crippen molar-refractivity contribution < 1.29 is 23.1 Å². The Hall–Kier alpha value is -3.15. The standard InChI is InChI=1S/C21H22N2O5S/c1-3-16-9-11-18(12-10-16)29(27,28)22-19(21(25)26)13-14-20(24)23(2)15-17-7-5-4-6-8-17/h1,4-12,19,22H,13-15H2,2H3,(H,25,26)/t19-/m1/s1. The Bertz CT molecular complexity index is 996. The molecule has 0 aromatic heterocycles. The molecule has 8 heteroatoms. The van der Waals surface area contributed by atoms with Crippen LogP contribution in [-0.2, 0) is 26.2 Å². The van der Waals surface area contributed by atoms with Crippen molar-refractivity contribution in [1.82, 2.24) is 9.62 Å². The molecule has 2 N–H and O–H groups in total. The highest BCUT2D eigenvalue weighted by atomic mass is 32.2. The Kier molecular flexibility index (Phi) is 7.53. The van der Waals surface area contributed by atoms with Crippen LogP contribution in [0.5, 0.6) is 0 Å². The summed E-state index contributed by atoms with van der Waals surface area (Å²) in [7, 11) is -2.46. The van der Waals surface area contributed by atoms with Gasteiger partial charge in [-0.1, -0.05) is 36.3 Å². The summed E-state index contributed by atoms with van der Waals surface area (Å²) in [5.41, 5.74) is 1.44. The molecule has 2 aromatic carbocycles.